The zero-order valence-corrected chi connectivity index (χ0v) is 12.3. The largest absolute Gasteiger partial charge is 0.393 e. The smallest absolute Gasteiger partial charge is 0.292 e. The molecule has 0 unspecified atom stereocenters. The number of benzene rings is 1. The SMILES string of the molecule is Nc1ccc(C(=O)Nc2ccc(-n3cccn3)nc2)cc1[N+](=O)[O-]. The first kappa shape index (κ1) is 15.2. The van der Waals surface area contributed by atoms with Gasteiger partial charge in [0, 0.05) is 24.0 Å². The number of nitro groups is 1. The maximum absolute atomic E-state index is 12.2. The number of nitrogens with zero attached hydrogens (tertiary/aromatic N) is 4. The summed E-state index contributed by atoms with van der Waals surface area (Å²) >= 11 is 0. The second kappa shape index (κ2) is 6.16. The lowest BCUT2D eigenvalue weighted by Crippen LogP contribution is -2.13. The average Bonchev–Trinajstić information content (AvgIpc) is 3.10. The van der Waals surface area contributed by atoms with Crippen LogP contribution in [0.2, 0.25) is 0 Å². The quantitative estimate of drug-likeness (QED) is 0.429. The Morgan fingerprint density at radius 1 is 1.29 bits per heavy atom. The van der Waals surface area contributed by atoms with E-state index in [1.807, 2.05) is 0 Å². The number of nitrogens with two attached hydrogens (primary N) is 1. The van der Waals surface area contributed by atoms with Gasteiger partial charge in [0.15, 0.2) is 5.82 Å². The minimum absolute atomic E-state index is 0.00166. The van der Waals surface area contributed by atoms with Gasteiger partial charge in [-0.1, -0.05) is 0 Å². The summed E-state index contributed by atoms with van der Waals surface area (Å²) < 4.78 is 1.58. The highest BCUT2D eigenvalue weighted by molar-refractivity contribution is 6.05. The van der Waals surface area contributed by atoms with Crippen LogP contribution >= 0.6 is 0 Å². The lowest BCUT2D eigenvalue weighted by molar-refractivity contribution is -0.383. The number of carbonyl (C=O) groups excluding carboxylic acids is 1. The summed E-state index contributed by atoms with van der Waals surface area (Å²) in [5.74, 6) is 0.105. The molecule has 0 aliphatic rings. The fraction of sp³-hybridized carbons (Fsp3) is 0. The van der Waals surface area contributed by atoms with Gasteiger partial charge >= 0.3 is 0 Å². The third-order valence-electron chi connectivity index (χ3n) is 3.23. The fourth-order valence-corrected chi connectivity index (χ4v) is 2.05. The Morgan fingerprint density at radius 3 is 2.75 bits per heavy atom. The lowest BCUT2D eigenvalue weighted by atomic mass is 10.1. The Bertz CT molecular complexity index is 890. The number of anilines is 2. The van der Waals surface area contributed by atoms with E-state index >= 15 is 0 Å². The molecule has 9 heteroatoms. The third kappa shape index (κ3) is 3.04. The van der Waals surface area contributed by atoms with Crippen molar-refractivity contribution in [3.8, 4) is 5.82 Å². The average molecular weight is 324 g/mol. The molecule has 3 aromatic rings. The van der Waals surface area contributed by atoms with Gasteiger partial charge in [0.05, 0.1) is 16.8 Å². The number of hydrogen-bond acceptors (Lipinski definition) is 6. The second-order valence-electron chi connectivity index (χ2n) is 4.84. The van der Waals surface area contributed by atoms with E-state index in [9.17, 15) is 14.9 Å². The van der Waals surface area contributed by atoms with Crippen LogP contribution in [0.4, 0.5) is 17.1 Å². The molecule has 9 nitrogen and oxygen atoms in total. The van der Waals surface area contributed by atoms with Crippen molar-refractivity contribution in [3.05, 3.63) is 70.7 Å². The highest BCUT2D eigenvalue weighted by Crippen LogP contribution is 2.23. The zero-order chi connectivity index (χ0) is 17.1. The predicted molar refractivity (Wildman–Crippen MR) is 86.8 cm³/mol. The third-order valence-corrected chi connectivity index (χ3v) is 3.23. The number of hydrogen-bond donors (Lipinski definition) is 2. The maximum Gasteiger partial charge on any atom is 0.292 e. The van der Waals surface area contributed by atoms with Crippen LogP contribution in [0.5, 0.6) is 0 Å². The number of carbonyl (C=O) groups is 1. The zero-order valence-electron chi connectivity index (χ0n) is 12.3. The van der Waals surface area contributed by atoms with Crippen molar-refractivity contribution in [3.63, 3.8) is 0 Å². The molecule has 2 aromatic heterocycles. The van der Waals surface area contributed by atoms with Crippen LogP contribution in [-0.2, 0) is 0 Å². The van der Waals surface area contributed by atoms with Crippen molar-refractivity contribution in [2.45, 2.75) is 0 Å². The summed E-state index contributed by atoms with van der Waals surface area (Å²) in [6.45, 7) is 0. The monoisotopic (exact) mass is 324 g/mol. The molecule has 0 aliphatic carbocycles. The van der Waals surface area contributed by atoms with Crippen LogP contribution in [-0.4, -0.2) is 25.6 Å². The second-order valence-corrected chi connectivity index (χ2v) is 4.84. The summed E-state index contributed by atoms with van der Waals surface area (Å²) in [7, 11) is 0. The predicted octanol–water partition coefficient (Wildman–Crippen LogP) is 2.01. The number of nitrogen functional groups attached to an aromatic ring is 1. The first-order valence-corrected chi connectivity index (χ1v) is 6.86. The topological polar surface area (TPSA) is 129 Å². The van der Waals surface area contributed by atoms with Crippen molar-refractivity contribution in [1.82, 2.24) is 14.8 Å². The van der Waals surface area contributed by atoms with Crippen molar-refractivity contribution >= 4 is 23.0 Å². The van der Waals surface area contributed by atoms with Gasteiger partial charge in [-0.05, 0) is 30.3 Å². The van der Waals surface area contributed by atoms with Crippen LogP contribution in [0.25, 0.3) is 5.82 Å². The van der Waals surface area contributed by atoms with E-state index in [1.54, 1.807) is 35.3 Å². The van der Waals surface area contributed by atoms with E-state index in [4.69, 9.17) is 5.73 Å². The number of aromatic nitrogens is 3. The Labute approximate surface area is 135 Å². The van der Waals surface area contributed by atoms with Crippen molar-refractivity contribution < 1.29 is 9.72 Å². The van der Waals surface area contributed by atoms with Crippen LogP contribution < -0.4 is 11.1 Å². The molecule has 0 saturated carbocycles. The van der Waals surface area contributed by atoms with Crippen molar-refractivity contribution in [2.24, 2.45) is 0 Å². The number of amides is 1. The molecule has 0 spiro atoms. The standard InChI is InChI=1S/C15H12N6O3/c16-12-4-2-10(8-13(12)21(23)24)15(22)19-11-3-5-14(17-9-11)20-7-1-6-18-20/h1-9H,16H2,(H,19,22). The molecule has 1 amide bonds. The van der Waals surface area contributed by atoms with Crippen LogP contribution in [0.3, 0.4) is 0 Å². The number of pyridine rings is 1. The molecule has 0 bridgehead atoms. The van der Waals surface area contributed by atoms with Crippen molar-refractivity contribution in [2.75, 3.05) is 11.1 Å². The molecule has 120 valence electrons. The van der Waals surface area contributed by atoms with Gasteiger partial charge in [0.25, 0.3) is 11.6 Å². The number of nitro benzene ring substituents is 1. The van der Waals surface area contributed by atoms with E-state index in [2.05, 4.69) is 15.4 Å². The van der Waals surface area contributed by atoms with Gasteiger partial charge in [-0.25, -0.2) is 9.67 Å². The first-order valence-electron chi connectivity index (χ1n) is 6.86. The Balaban J connectivity index is 1.77. The molecule has 0 atom stereocenters. The van der Waals surface area contributed by atoms with Gasteiger partial charge in [-0.15, -0.1) is 0 Å². The molecular formula is C15H12N6O3. The van der Waals surface area contributed by atoms with Crippen LogP contribution in [0.1, 0.15) is 10.4 Å². The first-order chi connectivity index (χ1) is 11.5. The lowest BCUT2D eigenvalue weighted by Gasteiger charge is -2.07. The summed E-state index contributed by atoms with van der Waals surface area (Å²) in [6, 6.07) is 9.00. The van der Waals surface area contributed by atoms with E-state index in [1.165, 1.54) is 18.3 Å². The summed E-state index contributed by atoms with van der Waals surface area (Å²) in [5.41, 5.74) is 5.79. The van der Waals surface area contributed by atoms with Crippen LogP contribution in [0.15, 0.2) is 55.0 Å². The molecule has 2 heterocycles. The van der Waals surface area contributed by atoms with Crippen molar-refractivity contribution in [1.29, 1.82) is 0 Å². The van der Waals surface area contributed by atoms with Gasteiger partial charge in [-0.2, -0.15) is 5.10 Å². The van der Waals surface area contributed by atoms with Crippen LogP contribution in [0, 0.1) is 10.1 Å². The van der Waals surface area contributed by atoms with E-state index in [-0.39, 0.29) is 16.9 Å². The normalized spacial score (nSPS) is 10.3. The molecule has 0 fully saturated rings. The molecule has 0 aliphatic heterocycles. The minimum Gasteiger partial charge on any atom is -0.393 e. The molecule has 1 aromatic carbocycles. The highest BCUT2D eigenvalue weighted by Gasteiger charge is 2.15. The Kier molecular flexibility index (Phi) is 3.89. The highest BCUT2D eigenvalue weighted by atomic mass is 16.6. The molecule has 24 heavy (non-hydrogen) atoms. The number of nitrogens with one attached hydrogen (secondary N) is 1. The Hall–Kier alpha value is -3.75. The molecular weight excluding hydrogens is 312 g/mol. The molecule has 3 rings (SSSR count). The van der Waals surface area contributed by atoms with Gasteiger partial charge in [0.2, 0.25) is 0 Å². The summed E-state index contributed by atoms with van der Waals surface area (Å²) in [4.78, 5) is 26.6. The summed E-state index contributed by atoms with van der Waals surface area (Å²) in [6.07, 6.45) is 4.85. The minimum atomic E-state index is -0.632. The van der Waals surface area contributed by atoms with Gasteiger partial charge < -0.3 is 11.1 Å². The maximum atomic E-state index is 12.2. The number of rotatable bonds is 4. The summed E-state index contributed by atoms with van der Waals surface area (Å²) in [5, 5.41) is 17.6. The molecule has 0 radical (unpaired) electrons. The fourth-order valence-electron chi connectivity index (χ4n) is 2.05. The van der Waals surface area contributed by atoms with E-state index < -0.39 is 10.8 Å². The Morgan fingerprint density at radius 2 is 2.12 bits per heavy atom. The van der Waals surface area contributed by atoms with Gasteiger partial charge in [-0.3, -0.25) is 14.9 Å². The molecule has 3 N–H and O–H groups in total. The van der Waals surface area contributed by atoms with Gasteiger partial charge in [0.1, 0.15) is 5.69 Å². The van der Waals surface area contributed by atoms with E-state index in [0.29, 0.717) is 11.5 Å². The molecule has 0 saturated heterocycles. The van der Waals surface area contributed by atoms with E-state index in [0.717, 1.165) is 6.07 Å².